The molecule has 1 aromatic heterocycles. The van der Waals surface area contributed by atoms with Gasteiger partial charge >= 0.3 is 0 Å². The van der Waals surface area contributed by atoms with Gasteiger partial charge in [0.2, 0.25) is 5.91 Å². The van der Waals surface area contributed by atoms with Crippen LogP contribution in [-0.2, 0) is 4.79 Å². The van der Waals surface area contributed by atoms with Crippen molar-refractivity contribution in [2.24, 2.45) is 5.92 Å². The second-order valence-corrected chi connectivity index (χ2v) is 5.00. The summed E-state index contributed by atoms with van der Waals surface area (Å²) >= 11 is 0. The number of rotatable bonds is 6. The maximum atomic E-state index is 11.6. The van der Waals surface area contributed by atoms with Crippen LogP contribution in [0.2, 0.25) is 0 Å². The molecule has 7 nitrogen and oxygen atoms in total. The number of anilines is 1. The Bertz CT molecular complexity index is 482. The van der Waals surface area contributed by atoms with Crippen molar-refractivity contribution in [3.8, 4) is 0 Å². The van der Waals surface area contributed by atoms with E-state index < -0.39 is 0 Å². The molecule has 0 aliphatic heterocycles. The van der Waals surface area contributed by atoms with Gasteiger partial charge in [0, 0.05) is 33.1 Å². The van der Waals surface area contributed by atoms with Crippen LogP contribution < -0.4 is 10.6 Å². The molecule has 1 aromatic rings. The molecule has 1 fully saturated rings. The van der Waals surface area contributed by atoms with Crippen molar-refractivity contribution >= 4 is 17.6 Å². The van der Waals surface area contributed by atoms with Crippen molar-refractivity contribution in [1.82, 2.24) is 20.4 Å². The summed E-state index contributed by atoms with van der Waals surface area (Å²) in [5.41, 5.74) is 0.308. The number of aromatic nitrogens is 2. The topological polar surface area (TPSA) is 87.2 Å². The van der Waals surface area contributed by atoms with Gasteiger partial charge in [0.25, 0.3) is 5.91 Å². The lowest BCUT2D eigenvalue weighted by molar-refractivity contribution is -0.122. The quantitative estimate of drug-likeness (QED) is 0.721. The van der Waals surface area contributed by atoms with Crippen LogP contribution in [0.4, 0.5) is 5.82 Å². The average Bonchev–Trinajstić information content (AvgIpc) is 3.27. The van der Waals surface area contributed by atoms with E-state index in [9.17, 15) is 9.59 Å². The Morgan fingerprint density at radius 3 is 2.55 bits per heavy atom. The summed E-state index contributed by atoms with van der Waals surface area (Å²) in [6.07, 6.45) is 2.01. The Hall–Kier alpha value is -2.18. The van der Waals surface area contributed by atoms with E-state index in [0.717, 1.165) is 12.8 Å². The van der Waals surface area contributed by atoms with Crippen molar-refractivity contribution in [1.29, 1.82) is 0 Å². The first kappa shape index (κ1) is 14.2. The third-order valence-corrected chi connectivity index (χ3v) is 2.97. The highest BCUT2D eigenvalue weighted by Gasteiger charge is 2.28. The molecule has 0 saturated heterocycles. The van der Waals surface area contributed by atoms with Crippen LogP contribution in [0, 0.1) is 5.92 Å². The molecule has 0 radical (unpaired) electrons. The predicted molar refractivity (Wildman–Crippen MR) is 74.3 cm³/mol. The largest absolute Gasteiger partial charge is 0.367 e. The molecule has 2 amide bonds. The molecule has 2 N–H and O–H groups in total. The molecule has 0 unspecified atom stereocenters. The molecule has 1 aliphatic rings. The van der Waals surface area contributed by atoms with E-state index in [-0.39, 0.29) is 17.7 Å². The highest BCUT2D eigenvalue weighted by molar-refractivity contribution is 5.91. The molecular weight excluding hydrogens is 258 g/mol. The van der Waals surface area contributed by atoms with Crippen LogP contribution >= 0.6 is 0 Å². The van der Waals surface area contributed by atoms with Gasteiger partial charge < -0.3 is 15.5 Å². The lowest BCUT2D eigenvalue weighted by Gasteiger charge is -2.09. The second-order valence-electron chi connectivity index (χ2n) is 5.00. The number of nitrogens with zero attached hydrogens (tertiary/aromatic N) is 3. The number of hydrogen-bond donors (Lipinski definition) is 2. The number of hydrogen-bond acceptors (Lipinski definition) is 5. The molecule has 20 heavy (non-hydrogen) atoms. The van der Waals surface area contributed by atoms with Crippen LogP contribution in [0.3, 0.4) is 0 Å². The van der Waals surface area contributed by atoms with Gasteiger partial charge in [-0.25, -0.2) is 0 Å². The minimum absolute atomic E-state index is 0.129. The maximum Gasteiger partial charge on any atom is 0.273 e. The maximum absolute atomic E-state index is 11.6. The van der Waals surface area contributed by atoms with E-state index in [0.29, 0.717) is 24.6 Å². The van der Waals surface area contributed by atoms with Crippen molar-refractivity contribution in [3.05, 3.63) is 17.8 Å². The van der Waals surface area contributed by atoms with Gasteiger partial charge in [0.15, 0.2) is 5.69 Å². The highest BCUT2D eigenvalue weighted by Crippen LogP contribution is 2.28. The zero-order valence-corrected chi connectivity index (χ0v) is 11.7. The third-order valence-electron chi connectivity index (χ3n) is 2.97. The normalized spacial score (nSPS) is 13.7. The van der Waals surface area contributed by atoms with Gasteiger partial charge in [-0.3, -0.25) is 9.59 Å². The number of carbonyl (C=O) groups is 2. The Morgan fingerprint density at radius 2 is 2.00 bits per heavy atom. The van der Waals surface area contributed by atoms with Gasteiger partial charge in [-0.1, -0.05) is 0 Å². The van der Waals surface area contributed by atoms with E-state index in [1.807, 2.05) is 0 Å². The minimum Gasteiger partial charge on any atom is -0.367 e. The molecule has 0 aromatic carbocycles. The second kappa shape index (κ2) is 6.31. The first-order valence-corrected chi connectivity index (χ1v) is 6.65. The molecule has 0 bridgehead atoms. The first-order valence-electron chi connectivity index (χ1n) is 6.65. The van der Waals surface area contributed by atoms with Crippen molar-refractivity contribution in [2.45, 2.75) is 12.8 Å². The fourth-order valence-electron chi connectivity index (χ4n) is 1.64. The fourth-order valence-corrected chi connectivity index (χ4v) is 1.64. The predicted octanol–water partition coefficient (Wildman–Crippen LogP) is 0.116. The van der Waals surface area contributed by atoms with Gasteiger partial charge in [-0.05, 0) is 25.0 Å². The molecular formula is C13H19N5O2. The van der Waals surface area contributed by atoms with Gasteiger partial charge in [0.1, 0.15) is 5.82 Å². The highest BCUT2D eigenvalue weighted by atomic mass is 16.2. The summed E-state index contributed by atoms with van der Waals surface area (Å²) in [5, 5.41) is 13.7. The Labute approximate surface area is 117 Å². The van der Waals surface area contributed by atoms with Crippen molar-refractivity contribution in [3.63, 3.8) is 0 Å². The van der Waals surface area contributed by atoms with E-state index in [2.05, 4.69) is 20.8 Å². The molecule has 1 saturated carbocycles. The molecule has 108 valence electrons. The summed E-state index contributed by atoms with van der Waals surface area (Å²) < 4.78 is 0. The van der Waals surface area contributed by atoms with Crippen LogP contribution in [-0.4, -0.2) is 54.1 Å². The summed E-state index contributed by atoms with van der Waals surface area (Å²) in [7, 11) is 3.33. The number of carbonyl (C=O) groups excluding carboxylic acids is 2. The third kappa shape index (κ3) is 3.91. The Kier molecular flexibility index (Phi) is 4.49. The van der Waals surface area contributed by atoms with Crippen LogP contribution in [0.1, 0.15) is 23.3 Å². The lowest BCUT2D eigenvalue weighted by Crippen LogP contribution is -2.30. The van der Waals surface area contributed by atoms with E-state index >= 15 is 0 Å². The smallest absolute Gasteiger partial charge is 0.273 e. The molecule has 0 atom stereocenters. The summed E-state index contributed by atoms with van der Waals surface area (Å²) in [4.78, 5) is 24.5. The molecule has 2 rings (SSSR count). The van der Waals surface area contributed by atoms with E-state index in [1.54, 1.807) is 26.2 Å². The SMILES string of the molecule is CN(C)C(=O)c1ccc(NCCNC(=O)C2CC2)nn1. The minimum atomic E-state index is -0.180. The number of nitrogens with one attached hydrogen (secondary N) is 2. The van der Waals surface area contributed by atoms with E-state index in [4.69, 9.17) is 0 Å². The molecule has 0 spiro atoms. The zero-order chi connectivity index (χ0) is 14.5. The number of amides is 2. The molecule has 7 heteroatoms. The summed E-state index contributed by atoms with van der Waals surface area (Å²) in [6.45, 7) is 1.13. The van der Waals surface area contributed by atoms with Gasteiger partial charge in [0.05, 0.1) is 0 Å². The Morgan fingerprint density at radius 1 is 1.25 bits per heavy atom. The van der Waals surface area contributed by atoms with E-state index in [1.165, 1.54) is 4.90 Å². The zero-order valence-electron chi connectivity index (χ0n) is 11.7. The fraction of sp³-hybridized carbons (Fsp3) is 0.538. The van der Waals surface area contributed by atoms with Crippen LogP contribution in [0.15, 0.2) is 12.1 Å². The van der Waals surface area contributed by atoms with Crippen LogP contribution in [0.25, 0.3) is 0 Å². The average molecular weight is 277 g/mol. The lowest BCUT2D eigenvalue weighted by atomic mass is 10.3. The molecule has 1 heterocycles. The summed E-state index contributed by atoms with van der Waals surface area (Å²) in [5.74, 6) is 0.762. The first-order chi connectivity index (χ1) is 9.58. The summed E-state index contributed by atoms with van der Waals surface area (Å²) in [6, 6.07) is 3.33. The molecule has 1 aliphatic carbocycles. The standard InChI is InChI=1S/C13H19N5O2/c1-18(2)13(20)10-5-6-11(17-16-10)14-7-8-15-12(19)9-3-4-9/h5-6,9H,3-4,7-8H2,1-2H3,(H,14,17)(H,15,19). The van der Waals surface area contributed by atoms with Crippen molar-refractivity contribution < 1.29 is 9.59 Å². The van der Waals surface area contributed by atoms with Gasteiger partial charge in [-0.15, -0.1) is 10.2 Å². The van der Waals surface area contributed by atoms with Gasteiger partial charge in [-0.2, -0.15) is 0 Å². The Balaban J connectivity index is 1.73. The van der Waals surface area contributed by atoms with Crippen LogP contribution in [0.5, 0.6) is 0 Å². The van der Waals surface area contributed by atoms with Crippen molar-refractivity contribution in [2.75, 3.05) is 32.5 Å². The monoisotopic (exact) mass is 277 g/mol.